The van der Waals surface area contributed by atoms with Gasteiger partial charge in [0.1, 0.15) is 6.04 Å². The van der Waals surface area contributed by atoms with Gasteiger partial charge in [-0.05, 0) is 6.42 Å². The fourth-order valence-corrected chi connectivity index (χ4v) is 3.22. The Morgan fingerprint density at radius 2 is 2.46 bits per heavy atom. The van der Waals surface area contributed by atoms with Crippen molar-refractivity contribution in [1.82, 2.24) is 4.90 Å². The molecule has 13 heavy (non-hydrogen) atoms. The lowest BCUT2D eigenvalue weighted by molar-refractivity contribution is -0.149. The van der Waals surface area contributed by atoms with E-state index < -0.39 is 0 Å². The van der Waals surface area contributed by atoms with Gasteiger partial charge in [0.15, 0.2) is 0 Å². The van der Waals surface area contributed by atoms with Crippen molar-refractivity contribution in [2.75, 3.05) is 12.9 Å². The Labute approximate surface area is 80.6 Å². The van der Waals surface area contributed by atoms with Crippen LogP contribution in [0.4, 0.5) is 0 Å². The first-order valence-corrected chi connectivity index (χ1v) is 5.29. The van der Waals surface area contributed by atoms with Crippen molar-refractivity contribution in [2.45, 2.75) is 24.3 Å². The van der Waals surface area contributed by atoms with Crippen LogP contribution in [0.2, 0.25) is 0 Å². The second kappa shape index (κ2) is 3.21. The normalized spacial score (nSPS) is 32.1. The molecule has 0 unspecified atom stereocenters. The maximum absolute atomic E-state index is 11.4. The summed E-state index contributed by atoms with van der Waals surface area (Å²) in [6.45, 7) is 0. The standard InChI is InChI=1S/C8H11NO3S/c1-12-8(11)5-4-13-7-3-2-6(10)9(5)7/h5,7H,2-4H2,1H3/t5-,7-/m0/s1. The Kier molecular flexibility index (Phi) is 2.19. The van der Waals surface area contributed by atoms with Crippen LogP contribution >= 0.6 is 11.8 Å². The van der Waals surface area contributed by atoms with E-state index in [2.05, 4.69) is 4.74 Å². The maximum atomic E-state index is 11.4. The quantitative estimate of drug-likeness (QED) is 0.569. The second-order valence-corrected chi connectivity index (χ2v) is 4.38. The van der Waals surface area contributed by atoms with Crippen LogP contribution in [0.25, 0.3) is 0 Å². The van der Waals surface area contributed by atoms with E-state index in [1.165, 1.54) is 7.11 Å². The molecular formula is C8H11NO3S. The van der Waals surface area contributed by atoms with Crippen molar-refractivity contribution in [2.24, 2.45) is 0 Å². The zero-order valence-corrected chi connectivity index (χ0v) is 8.17. The summed E-state index contributed by atoms with van der Waals surface area (Å²) in [7, 11) is 1.36. The van der Waals surface area contributed by atoms with Gasteiger partial charge < -0.3 is 9.64 Å². The van der Waals surface area contributed by atoms with Gasteiger partial charge in [0.2, 0.25) is 5.91 Å². The zero-order chi connectivity index (χ0) is 9.42. The average molecular weight is 201 g/mol. The van der Waals surface area contributed by atoms with Gasteiger partial charge in [0, 0.05) is 12.2 Å². The van der Waals surface area contributed by atoms with Gasteiger partial charge in [-0.3, -0.25) is 4.79 Å². The number of ether oxygens (including phenoxy) is 1. The van der Waals surface area contributed by atoms with Crippen LogP contribution in [0.3, 0.4) is 0 Å². The molecule has 2 rings (SSSR count). The number of esters is 1. The number of carbonyl (C=O) groups excluding carboxylic acids is 2. The summed E-state index contributed by atoms with van der Waals surface area (Å²) in [4.78, 5) is 24.3. The summed E-state index contributed by atoms with van der Waals surface area (Å²) in [5.74, 6) is 0.485. The third kappa shape index (κ3) is 1.31. The highest BCUT2D eigenvalue weighted by Gasteiger charge is 2.45. The minimum Gasteiger partial charge on any atom is -0.467 e. The number of rotatable bonds is 1. The number of carbonyl (C=O) groups is 2. The minimum absolute atomic E-state index is 0.0883. The van der Waals surface area contributed by atoms with E-state index in [1.807, 2.05) is 0 Å². The first-order valence-electron chi connectivity index (χ1n) is 4.24. The zero-order valence-electron chi connectivity index (χ0n) is 7.36. The highest BCUT2D eigenvalue weighted by Crippen LogP contribution is 2.37. The number of hydrogen-bond acceptors (Lipinski definition) is 4. The highest BCUT2D eigenvalue weighted by atomic mass is 32.2. The summed E-state index contributed by atoms with van der Waals surface area (Å²) >= 11 is 1.67. The van der Waals surface area contributed by atoms with Gasteiger partial charge in [-0.1, -0.05) is 0 Å². The smallest absolute Gasteiger partial charge is 0.329 e. The maximum Gasteiger partial charge on any atom is 0.329 e. The second-order valence-electron chi connectivity index (χ2n) is 3.17. The molecule has 5 heteroatoms. The Balaban J connectivity index is 2.14. The van der Waals surface area contributed by atoms with Crippen molar-refractivity contribution in [3.05, 3.63) is 0 Å². The fraction of sp³-hybridized carbons (Fsp3) is 0.750. The number of fused-ring (bicyclic) bond motifs is 1. The lowest BCUT2D eigenvalue weighted by Crippen LogP contribution is -2.41. The van der Waals surface area contributed by atoms with E-state index in [0.29, 0.717) is 12.2 Å². The molecule has 2 fully saturated rings. The number of thioether (sulfide) groups is 1. The van der Waals surface area contributed by atoms with Crippen LogP contribution in [-0.2, 0) is 14.3 Å². The van der Waals surface area contributed by atoms with E-state index in [9.17, 15) is 9.59 Å². The molecule has 0 aliphatic carbocycles. The fourth-order valence-electron chi connectivity index (χ4n) is 1.81. The van der Waals surface area contributed by atoms with Crippen LogP contribution in [0.15, 0.2) is 0 Å². The number of hydrogen-bond donors (Lipinski definition) is 0. The van der Waals surface area contributed by atoms with Crippen LogP contribution < -0.4 is 0 Å². The van der Waals surface area contributed by atoms with Gasteiger partial charge in [0.05, 0.1) is 12.5 Å². The number of amides is 1. The van der Waals surface area contributed by atoms with E-state index in [-0.39, 0.29) is 23.3 Å². The molecule has 72 valence electrons. The van der Waals surface area contributed by atoms with Crippen molar-refractivity contribution < 1.29 is 14.3 Å². The molecule has 0 radical (unpaired) electrons. The molecule has 2 atom stereocenters. The Bertz CT molecular complexity index is 256. The van der Waals surface area contributed by atoms with Crippen LogP contribution in [0.1, 0.15) is 12.8 Å². The summed E-state index contributed by atoms with van der Waals surface area (Å²) in [6, 6.07) is -0.338. The Morgan fingerprint density at radius 1 is 1.69 bits per heavy atom. The SMILES string of the molecule is COC(=O)[C@@H]1CS[C@H]2CCC(=O)N21. The molecule has 2 aliphatic heterocycles. The first kappa shape index (κ1) is 8.87. The van der Waals surface area contributed by atoms with Crippen molar-refractivity contribution in [3.63, 3.8) is 0 Å². The third-order valence-electron chi connectivity index (χ3n) is 2.46. The first-order chi connectivity index (χ1) is 6.24. The van der Waals surface area contributed by atoms with Crippen molar-refractivity contribution in [3.8, 4) is 0 Å². The van der Waals surface area contributed by atoms with Gasteiger partial charge in [-0.25, -0.2) is 4.79 Å². The predicted octanol–water partition coefficient (Wildman–Crippen LogP) is 0.223. The topological polar surface area (TPSA) is 46.6 Å². The molecule has 0 spiro atoms. The van der Waals surface area contributed by atoms with Gasteiger partial charge in [0.25, 0.3) is 0 Å². The molecule has 2 aliphatic rings. The summed E-state index contributed by atoms with van der Waals surface area (Å²) < 4.78 is 4.64. The van der Waals surface area contributed by atoms with Gasteiger partial charge >= 0.3 is 5.97 Å². The van der Waals surface area contributed by atoms with Gasteiger partial charge in [-0.15, -0.1) is 11.8 Å². The van der Waals surface area contributed by atoms with E-state index in [0.717, 1.165) is 6.42 Å². The average Bonchev–Trinajstić information content (AvgIpc) is 2.68. The largest absolute Gasteiger partial charge is 0.467 e. The molecule has 4 nitrogen and oxygen atoms in total. The molecular weight excluding hydrogens is 190 g/mol. The number of methoxy groups -OCH3 is 1. The summed E-state index contributed by atoms with van der Waals surface area (Å²) in [5.41, 5.74) is 0. The van der Waals surface area contributed by atoms with Gasteiger partial charge in [-0.2, -0.15) is 0 Å². The third-order valence-corrected chi connectivity index (χ3v) is 3.81. The lowest BCUT2D eigenvalue weighted by Gasteiger charge is -2.20. The Hall–Kier alpha value is -0.710. The summed E-state index contributed by atoms with van der Waals surface area (Å²) in [6.07, 6.45) is 1.45. The van der Waals surface area contributed by atoms with E-state index in [1.54, 1.807) is 16.7 Å². The summed E-state index contributed by atoms with van der Waals surface area (Å²) in [5, 5.41) is 0.219. The molecule has 2 heterocycles. The van der Waals surface area contributed by atoms with E-state index >= 15 is 0 Å². The molecule has 0 aromatic carbocycles. The molecule has 0 saturated carbocycles. The predicted molar refractivity (Wildman–Crippen MR) is 48.1 cm³/mol. The Morgan fingerprint density at radius 3 is 3.15 bits per heavy atom. The molecule has 0 aromatic rings. The molecule has 0 N–H and O–H groups in total. The molecule has 1 amide bonds. The number of nitrogens with zero attached hydrogens (tertiary/aromatic N) is 1. The van der Waals surface area contributed by atoms with Crippen molar-refractivity contribution in [1.29, 1.82) is 0 Å². The minimum atomic E-state index is -0.338. The van der Waals surface area contributed by atoms with Crippen molar-refractivity contribution >= 4 is 23.6 Å². The van der Waals surface area contributed by atoms with Crippen LogP contribution in [0.5, 0.6) is 0 Å². The van der Waals surface area contributed by atoms with E-state index in [4.69, 9.17) is 0 Å². The van der Waals surface area contributed by atoms with Crippen LogP contribution in [-0.4, -0.2) is 41.1 Å². The molecule has 0 bridgehead atoms. The molecule has 0 aromatic heterocycles. The monoisotopic (exact) mass is 201 g/mol. The van der Waals surface area contributed by atoms with Crippen LogP contribution in [0, 0.1) is 0 Å². The highest BCUT2D eigenvalue weighted by molar-refractivity contribution is 8.00. The molecule has 2 saturated heterocycles. The lowest BCUT2D eigenvalue weighted by atomic mass is 10.3.